The monoisotopic (exact) mass is 466 g/mol. The standard InChI is InChI=1S/C24H26N4O4S/c1-14-12-15(2)21(16(3)13-14)27-23(30)22-17(4)25-24(33-22)26-20(29)7-5-6-18-8-10-19(11-9-18)28(31)32/h8-13H,5-7H2,1-4H3,(H,27,30)(H,25,26,29). The summed E-state index contributed by atoms with van der Waals surface area (Å²) >= 11 is 1.15. The second kappa shape index (κ2) is 10.4. The Morgan fingerprint density at radius 3 is 2.27 bits per heavy atom. The minimum absolute atomic E-state index is 0.0446. The zero-order valence-electron chi connectivity index (χ0n) is 19.0. The molecule has 3 aromatic rings. The summed E-state index contributed by atoms with van der Waals surface area (Å²) in [6, 6.07) is 10.3. The maximum absolute atomic E-state index is 12.8. The molecule has 2 amide bonds. The van der Waals surface area contributed by atoms with Gasteiger partial charge >= 0.3 is 0 Å². The molecule has 8 nitrogen and oxygen atoms in total. The van der Waals surface area contributed by atoms with E-state index in [1.165, 1.54) is 12.1 Å². The highest BCUT2D eigenvalue weighted by Crippen LogP contribution is 2.27. The van der Waals surface area contributed by atoms with E-state index in [-0.39, 0.29) is 23.9 Å². The van der Waals surface area contributed by atoms with Crippen LogP contribution in [0.25, 0.3) is 0 Å². The van der Waals surface area contributed by atoms with Gasteiger partial charge in [-0.25, -0.2) is 4.98 Å². The zero-order valence-corrected chi connectivity index (χ0v) is 19.8. The zero-order chi connectivity index (χ0) is 24.1. The molecule has 1 aromatic heterocycles. The highest BCUT2D eigenvalue weighted by atomic mass is 32.1. The van der Waals surface area contributed by atoms with E-state index in [2.05, 4.69) is 15.6 Å². The highest BCUT2D eigenvalue weighted by molar-refractivity contribution is 7.17. The minimum Gasteiger partial charge on any atom is -0.321 e. The summed E-state index contributed by atoms with van der Waals surface area (Å²) in [6.07, 6.45) is 1.50. The Kier molecular flexibility index (Phi) is 7.55. The topological polar surface area (TPSA) is 114 Å². The van der Waals surface area contributed by atoms with Crippen LogP contribution in [0.2, 0.25) is 0 Å². The molecule has 0 bridgehead atoms. The van der Waals surface area contributed by atoms with Gasteiger partial charge in [-0.1, -0.05) is 41.2 Å². The number of carbonyl (C=O) groups excluding carboxylic acids is 2. The Balaban J connectivity index is 1.55. The number of nitrogens with one attached hydrogen (secondary N) is 2. The predicted octanol–water partition coefficient (Wildman–Crippen LogP) is 5.50. The average Bonchev–Trinajstić information content (AvgIpc) is 3.10. The molecule has 0 radical (unpaired) electrons. The average molecular weight is 467 g/mol. The summed E-state index contributed by atoms with van der Waals surface area (Å²) in [5, 5.41) is 16.8. The molecule has 0 fully saturated rings. The van der Waals surface area contributed by atoms with Gasteiger partial charge in [0, 0.05) is 24.2 Å². The smallest absolute Gasteiger partial charge is 0.269 e. The number of hydrogen-bond donors (Lipinski definition) is 2. The molecule has 9 heteroatoms. The molecular formula is C24H26N4O4S. The van der Waals surface area contributed by atoms with Crippen molar-refractivity contribution in [2.45, 2.75) is 47.0 Å². The van der Waals surface area contributed by atoms with Crippen LogP contribution in [0.5, 0.6) is 0 Å². The van der Waals surface area contributed by atoms with E-state index >= 15 is 0 Å². The molecule has 1 heterocycles. The Morgan fingerprint density at radius 2 is 1.67 bits per heavy atom. The first-order valence-electron chi connectivity index (χ1n) is 10.5. The molecule has 0 saturated carbocycles. The number of non-ortho nitro benzene ring substituents is 1. The molecular weight excluding hydrogens is 440 g/mol. The number of hydrogen-bond acceptors (Lipinski definition) is 6. The van der Waals surface area contributed by atoms with Crippen molar-refractivity contribution in [3.8, 4) is 0 Å². The van der Waals surface area contributed by atoms with Crippen molar-refractivity contribution in [1.29, 1.82) is 0 Å². The van der Waals surface area contributed by atoms with E-state index < -0.39 is 4.92 Å². The molecule has 0 unspecified atom stereocenters. The molecule has 33 heavy (non-hydrogen) atoms. The first-order valence-corrected chi connectivity index (χ1v) is 11.4. The maximum atomic E-state index is 12.8. The van der Waals surface area contributed by atoms with E-state index in [1.54, 1.807) is 19.1 Å². The van der Waals surface area contributed by atoms with Crippen molar-refractivity contribution in [2.24, 2.45) is 0 Å². The minimum atomic E-state index is -0.440. The van der Waals surface area contributed by atoms with E-state index in [1.807, 2.05) is 32.9 Å². The van der Waals surface area contributed by atoms with Crippen LogP contribution in [0, 0.1) is 37.8 Å². The fourth-order valence-corrected chi connectivity index (χ4v) is 4.51. The van der Waals surface area contributed by atoms with Crippen molar-refractivity contribution in [3.05, 3.63) is 79.3 Å². The van der Waals surface area contributed by atoms with Gasteiger partial charge in [0.1, 0.15) is 4.88 Å². The summed E-state index contributed by atoms with van der Waals surface area (Å²) < 4.78 is 0. The molecule has 0 aliphatic heterocycles. The van der Waals surface area contributed by atoms with Gasteiger partial charge in [-0.15, -0.1) is 0 Å². The molecule has 3 rings (SSSR count). The van der Waals surface area contributed by atoms with E-state index in [0.717, 1.165) is 39.3 Å². The third-order valence-corrected chi connectivity index (χ3v) is 6.25. The first kappa shape index (κ1) is 24.1. The maximum Gasteiger partial charge on any atom is 0.269 e. The van der Waals surface area contributed by atoms with Gasteiger partial charge in [-0.2, -0.15) is 0 Å². The van der Waals surface area contributed by atoms with Crippen LogP contribution in [0.4, 0.5) is 16.5 Å². The number of nitrogens with zero attached hydrogens (tertiary/aromatic N) is 2. The number of rotatable bonds is 8. The van der Waals surface area contributed by atoms with Crippen molar-refractivity contribution in [2.75, 3.05) is 10.6 Å². The normalized spacial score (nSPS) is 10.7. The second-order valence-electron chi connectivity index (χ2n) is 7.99. The first-order chi connectivity index (χ1) is 15.6. The van der Waals surface area contributed by atoms with E-state index in [9.17, 15) is 19.7 Å². The third kappa shape index (κ3) is 6.23. The van der Waals surface area contributed by atoms with Crippen molar-refractivity contribution in [1.82, 2.24) is 4.98 Å². The van der Waals surface area contributed by atoms with Crippen LogP contribution in [0.1, 0.15) is 50.5 Å². The molecule has 2 aromatic carbocycles. The number of benzene rings is 2. The van der Waals surface area contributed by atoms with Crippen LogP contribution in [0.3, 0.4) is 0 Å². The van der Waals surface area contributed by atoms with Gasteiger partial charge < -0.3 is 10.6 Å². The van der Waals surface area contributed by atoms with Crippen molar-refractivity contribution in [3.63, 3.8) is 0 Å². The van der Waals surface area contributed by atoms with E-state index in [4.69, 9.17) is 0 Å². The summed E-state index contributed by atoms with van der Waals surface area (Å²) in [5.41, 5.74) is 5.43. The Hall–Kier alpha value is -3.59. The predicted molar refractivity (Wildman–Crippen MR) is 130 cm³/mol. The number of thiazole rings is 1. The van der Waals surface area contributed by atoms with Gasteiger partial charge in [0.25, 0.3) is 11.6 Å². The van der Waals surface area contributed by atoms with Crippen LogP contribution < -0.4 is 10.6 Å². The lowest BCUT2D eigenvalue weighted by atomic mass is 10.1. The lowest BCUT2D eigenvalue weighted by Crippen LogP contribution is -2.13. The number of aromatic nitrogens is 1. The molecule has 0 atom stereocenters. The van der Waals surface area contributed by atoms with Crippen LogP contribution >= 0.6 is 11.3 Å². The molecule has 0 saturated heterocycles. The van der Waals surface area contributed by atoms with Crippen molar-refractivity contribution >= 4 is 39.7 Å². The number of nitro groups is 1. The number of amides is 2. The summed E-state index contributed by atoms with van der Waals surface area (Å²) in [7, 11) is 0. The second-order valence-corrected chi connectivity index (χ2v) is 8.99. The summed E-state index contributed by atoms with van der Waals surface area (Å²) in [6.45, 7) is 7.67. The molecule has 0 spiro atoms. The molecule has 172 valence electrons. The van der Waals surface area contributed by atoms with E-state index in [0.29, 0.717) is 28.5 Å². The Morgan fingerprint density at radius 1 is 1.03 bits per heavy atom. The number of anilines is 2. The number of nitro benzene ring substituents is 1. The molecule has 0 aliphatic rings. The van der Waals surface area contributed by atoms with Gasteiger partial charge in [0.05, 0.1) is 10.6 Å². The van der Waals surface area contributed by atoms with Gasteiger partial charge in [0.2, 0.25) is 5.91 Å². The fraction of sp³-hybridized carbons (Fsp3) is 0.292. The van der Waals surface area contributed by atoms with Gasteiger partial charge in [-0.3, -0.25) is 19.7 Å². The fourth-order valence-electron chi connectivity index (χ4n) is 3.63. The molecule has 0 aliphatic carbocycles. The van der Waals surface area contributed by atoms with Crippen LogP contribution in [0.15, 0.2) is 36.4 Å². The highest BCUT2D eigenvalue weighted by Gasteiger charge is 2.18. The van der Waals surface area contributed by atoms with Gasteiger partial charge in [0.15, 0.2) is 5.13 Å². The molecule has 2 N–H and O–H groups in total. The summed E-state index contributed by atoms with van der Waals surface area (Å²) in [5.74, 6) is -0.443. The van der Waals surface area contributed by atoms with Crippen LogP contribution in [-0.2, 0) is 11.2 Å². The van der Waals surface area contributed by atoms with Crippen LogP contribution in [-0.4, -0.2) is 21.7 Å². The quantitative estimate of drug-likeness (QED) is 0.336. The lowest BCUT2D eigenvalue weighted by Gasteiger charge is -2.12. The number of aryl methyl sites for hydroxylation is 5. The summed E-state index contributed by atoms with van der Waals surface area (Å²) in [4.78, 5) is 40.2. The Bertz CT molecular complexity index is 1180. The SMILES string of the molecule is Cc1cc(C)c(NC(=O)c2sc(NC(=O)CCCc3ccc([N+](=O)[O-])cc3)nc2C)c(C)c1. The van der Waals surface area contributed by atoms with Crippen molar-refractivity contribution < 1.29 is 14.5 Å². The lowest BCUT2D eigenvalue weighted by molar-refractivity contribution is -0.384. The Labute approximate surface area is 196 Å². The third-order valence-electron chi connectivity index (χ3n) is 5.18. The van der Waals surface area contributed by atoms with Gasteiger partial charge in [-0.05, 0) is 57.2 Å². The number of carbonyl (C=O) groups is 2. The largest absolute Gasteiger partial charge is 0.321 e.